The molecule has 0 unspecified atom stereocenters. The number of hydrogen-bond donors (Lipinski definition) is 1. The number of carbonyl (C=O) groups is 1. The van der Waals surface area contributed by atoms with Gasteiger partial charge in [-0.15, -0.1) is 10.2 Å². The van der Waals surface area contributed by atoms with Crippen molar-refractivity contribution in [3.8, 4) is 22.9 Å². The van der Waals surface area contributed by atoms with Gasteiger partial charge >= 0.3 is 0 Å². The molecule has 1 aliphatic rings. The molecule has 7 nitrogen and oxygen atoms in total. The standard InChI is InChI=1S/C23H26N4O3S/c1-15(2)27-22(17-7-10-19-20(13-17)30-12-4-11-29-19)25-26-23(27)31-14-21(28)24-18-8-5-16(3)6-9-18/h5-10,13,15H,4,11-12,14H2,1-3H3,(H,24,28). The minimum absolute atomic E-state index is 0.0794. The number of aromatic nitrogens is 3. The highest BCUT2D eigenvalue weighted by Crippen LogP contribution is 2.35. The van der Waals surface area contributed by atoms with Crippen molar-refractivity contribution in [1.82, 2.24) is 14.8 Å². The normalized spacial score (nSPS) is 13.2. The molecule has 8 heteroatoms. The van der Waals surface area contributed by atoms with Gasteiger partial charge in [-0.2, -0.15) is 0 Å². The molecule has 1 amide bonds. The second-order valence-electron chi connectivity index (χ2n) is 7.68. The third-order valence-corrected chi connectivity index (χ3v) is 5.80. The van der Waals surface area contributed by atoms with E-state index in [1.807, 2.05) is 54.0 Å². The van der Waals surface area contributed by atoms with E-state index in [-0.39, 0.29) is 17.7 Å². The molecule has 0 radical (unpaired) electrons. The Morgan fingerprint density at radius 2 is 1.84 bits per heavy atom. The summed E-state index contributed by atoms with van der Waals surface area (Å²) >= 11 is 1.37. The first kappa shape index (κ1) is 21.2. The second-order valence-corrected chi connectivity index (χ2v) is 8.63. The van der Waals surface area contributed by atoms with Crippen molar-refractivity contribution in [3.05, 3.63) is 48.0 Å². The highest BCUT2D eigenvalue weighted by Gasteiger charge is 2.20. The zero-order chi connectivity index (χ0) is 21.8. The fourth-order valence-electron chi connectivity index (χ4n) is 3.30. The van der Waals surface area contributed by atoms with E-state index in [9.17, 15) is 4.79 Å². The van der Waals surface area contributed by atoms with Gasteiger partial charge in [-0.05, 0) is 51.1 Å². The molecule has 1 aliphatic heterocycles. The SMILES string of the molecule is Cc1ccc(NC(=O)CSc2nnc(-c3ccc4c(c3)OCCCO4)n2C(C)C)cc1. The van der Waals surface area contributed by atoms with Crippen LogP contribution in [0.15, 0.2) is 47.6 Å². The lowest BCUT2D eigenvalue weighted by atomic mass is 10.2. The Balaban J connectivity index is 1.50. The van der Waals surface area contributed by atoms with Crippen LogP contribution < -0.4 is 14.8 Å². The molecule has 2 aromatic carbocycles. The van der Waals surface area contributed by atoms with Gasteiger partial charge in [0.15, 0.2) is 22.5 Å². The Bertz CT molecular complexity index is 1060. The number of hydrogen-bond acceptors (Lipinski definition) is 6. The smallest absolute Gasteiger partial charge is 0.234 e. The first-order valence-corrected chi connectivity index (χ1v) is 11.3. The van der Waals surface area contributed by atoms with Gasteiger partial charge in [-0.3, -0.25) is 9.36 Å². The molecule has 1 N–H and O–H groups in total. The molecule has 3 aromatic rings. The largest absolute Gasteiger partial charge is 0.490 e. The summed E-state index contributed by atoms with van der Waals surface area (Å²) in [4.78, 5) is 12.4. The predicted octanol–water partition coefficient (Wildman–Crippen LogP) is 4.73. The maximum absolute atomic E-state index is 12.4. The molecule has 162 valence electrons. The average Bonchev–Trinajstić information content (AvgIpc) is 3.04. The number of amides is 1. The quantitative estimate of drug-likeness (QED) is 0.561. The Labute approximate surface area is 186 Å². The zero-order valence-electron chi connectivity index (χ0n) is 17.9. The van der Waals surface area contributed by atoms with Crippen LogP contribution >= 0.6 is 11.8 Å². The van der Waals surface area contributed by atoms with E-state index < -0.39 is 0 Å². The average molecular weight is 439 g/mol. The molecule has 0 atom stereocenters. The molecule has 0 fully saturated rings. The minimum Gasteiger partial charge on any atom is -0.490 e. The summed E-state index contributed by atoms with van der Waals surface area (Å²) in [6.07, 6.45) is 0.859. The minimum atomic E-state index is -0.0794. The fourth-order valence-corrected chi connectivity index (χ4v) is 4.17. The van der Waals surface area contributed by atoms with E-state index in [2.05, 4.69) is 29.4 Å². The van der Waals surface area contributed by atoms with Crippen LogP contribution in [-0.2, 0) is 4.79 Å². The van der Waals surface area contributed by atoms with Crippen LogP contribution in [-0.4, -0.2) is 39.6 Å². The first-order valence-electron chi connectivity index (χ1n) is 10.4. The van der Waals surface area contributed by atoms with Crippen molar-refractivity contribution >= 4 is 23.4 Å². The van der Waals surface area contributed by atoms with Crippen LogP contribution in [0.3, 0.4) is 0 Å². The molecular formula is C23H26N4O3S. The van der Waals surface area contributed by atoms with E-state index in [0.717, 1.165) is 40.6 Å². The van der Waals surface area contributed by atoms with Crippen LogP contribution in [0.1, 0.15) is 31.9 Å². The number of nitrogens with zero attached hydrogens (tertiary/aromatic N) is 3. The van der Waals surface area contributed by atoms with Gasteiger partial charge in [0, 0.05) is 23.7 Å². The Morgan fingerprint density at radius 1 is 1.10 bits per heavy atom. The van der Waals surface area contributed by atoms with Gasteiger partial charge in [-0.1, -0.05) is 29.5 Å². The second kappa shape index (κ2) is 9.43. The summed E-state index contributed by atoms with van der Waals surface area (Å²) in [5, 5.41) is 12.4. The highest BCUT2D eigenvalue weighted by atomic mass is 32.2. The molecule has 1 aromatic heterocycles. The Hall–Kier alpha value is -3.00. The number of benzene rings is 2. The van der Waals surface area contributed by atoms with Gasteiger partial charge in [0.1, 0.15) is 0 Å². The molecular weight excluding hydrogens is 412 g/mol. The number of thioether (sulfide) groups is 1. The summed E-state index contributed by atoms with van der Waals surface area (Å²) in [6.45, 7) is 7.45. The van der Waals surface area contributed by atoms with Crippen LogP contribution in [0.4, 0.5) is 5.69 Å². The summed E-state index contributed by atoms with van der Waals surface area (Å²) in [5.41, 5.74) is 2.84. The molecule has 4 rings (SSSR count). The van der Waals surface area contributed by atoms with E-state index >= 15 is 0 Å². The lowest BCUT2D eigenvalue weighted by molar-refractivity contribution is -0.113. The third kappa shape index (κ3) is 5.02. The maximum atomic E-state index is 12.4. The number of nitrogens with one attached hydrogen (secondary N) is 1. The molecule has 2 heterocycles. The van der Waals surface area contributed by atoms with Crippen molar-refractivity contribution < 1.29 is 14.3 Å². The van der Waals surface area contributed by atoms with E-state index in [0.29, 0.717) is 18.4 Å². The van der Waals surface area contributed by atoms with E-state index in [4.69, 9.17) is 9.47 Å². The molecule has 0 aliphatic carbocycles. The summed E-state index contributed by atoms with van der Waals surface area (Å²) in [5.74, 6) is 2.38. The molecule has 0 bridgehead atoms. The molecule has 0 saturated heterocycles. The van der Waals surface area contributed by atoms with Gasteiger partial charge in [0.2, 0.25) is 5.91 Å². The van der Waals surface area contributed by atoms with Gasteiger partial charge < -0.3 is 14.8 Å². The number of rotatable bonds is 6. The number of ether oxygens (including phenoxy) is 2. The van der Waals surface area contributed by atoms with Gasteiger partial charge in [0.05, 0.1) is 19.0 Å². The van der Waals surface area contributed by atoms with E-state index in [1.54, 1.807) is 0 Å². The van der Waals surface area contributed by atoms with Gasteiger partial charge in [-0.25, -0.2) is 0 Å². The van der Waals surface area contributed by atoms with Crippen molar-refractivity contribution in [3.63, 3.8) is 0 Å². The lowest BCUT2D eigenvalue weighted by Crippen LogP contribution is -2.15. The summed E-state index contributed by atoms with van der Waals surface area (Å²) in [6, 6.07) is 13.7. The molecule has 31 heavy (non-hydrogen) atoms. The number of anilines is 1. The van der Waals surface area contributed by atoms with E-state index in [1.165, 1.54) is 11.8 Å². The topological polar surface area (TPSA) is 78.3 Å². The highest BCUT2D eigenvalue weighted by molar-refractivity contribution is 7.99. The van der Waals surface area contributed by atoms with Crippen LogP contribution in [0.2, 0.25) is 0 Å². The number of carbonyl (C=O) groups excluding carboxylic acids is 1. The summed E-state index contributed by atoms with van der Waals surface area (Å²) < 4.78 is 13.6. The lowest BCUT2D eigenvalue weighted by Gasteiger charge is -2.15. The summed E-state index contributed by atoms with van der Waals surface area (Å²) in [7, 11) is 0. The monoisotopic (exact) mass is 438 g/mol. The van der Waals surface area contributed by atoms with Crippen LogP contribution in [0.25, 0.3) is 11.4 Å². The van der Waals surface area contributed by atoms with Crippen LogP contribution in [0, 0.1) is 6.92 Å². The van der Waals surface area contributed by atoms with Crippen molar-refractivity contribution in [2.24, 2.45) is 0 Å². The molecule has 0 spiro atoms. The number of fused-ring (bicyclic) bond motifs is 1. The predicted molar refractivity (Wildman–Crippen MR) is 122 cm³/mol. The Kier molecular flexibility index (Phi) is 6.46. The number of aryl methyl sites for hydroxylation is 1. The maximum Gasteiger partial charge on any atom is 0.234 e. The van der Waals surface area contributed by atoms with Crippen molar-refractivity contribution in [1.29, 1.82) is 0 Å². The van der Waals surface area contributed by atoms with Gasteiger partial charge in [0.25, 0.3) is 0 Å². The fraction of sp³-hybridized carbons (Fsp3) is 0.348. The molecule has 0 saturated carbocycles. The Morgan fingerprint density at radius 3 is 2.58 bits per heavy atom. The van der Waals surface area contributed by atoms with Crippen molar-refractivity contribution in [2.45, 2.75) is 38.4 Å². The van der Waals surface area contributed by atoms with Crippen molar-refractivity contribution in [2.75, 3.05) is 24.3 Å². The zero-order valence-corrected chi connectivity index (χ0v) is 18.7. The first-order chi connectivity index (χ1) is 15.0. The van der Waals surface area contributed by atoms with Crippen LogP contribution in [0.5, 0.6) is 11.5 Å². The third-order valence-electron chi connectivity index (χ3n) is 4.85.